The van der Waals surface area contributed by atoms with Gasteiger partial charge in [0.1, 0.15) is 11.9 Å². The SMILES string of the molecule is CC1CCC(CCl)(NCC2Cc3ccccc3O2)CC1. The Bertz CT molecular complexity index is 429. The summed E-state index contributed by atoms with van der Waals surface area (Å²) in [6, 6.07) is 8.35. The van der Waals surface area contributed by atoms with Crippen molar-refractivity contribution in [1.82, 2.24) is 5.32 Å². The van der Waals surface area contributed by atoms with E-state index in [1.165, 1.54) is 31.2 Å². The molecule has 110 valence electrons. The van der Waals surface area contributed by atoms with Gasteiger partial charge in [0.05, 0.1) is 0 Å². The van der Waals surface area contributed by atoms with E-state index in [-0.39, 0.29) is 11.6 Å². The molecule has 1 atom stereocenters. The minimum Gasteiger partial charge on any atom is -0.488 e. The van der Waals surface area contributed by atoms with Crippen LogP contribution in [0.15, 0.2) is 24.3 Å². The first-order chi connectivity index (χ1) is 9.71. The molecular formula is C17H24ClNO. The van der Waals surface area contributed by atoms with Crippen LogP contribution in [0, 0.1) is 5.92 Å². The van der Waals surface area contributed by atoms with Gasteiger partial charge in [-0.15, -0.1) is 11.6 Å². The van der Waals surface area contributed by atoms with Crippen LogP contribution < -0.4 is 10.1 Å². The monoisotopic (exact) mass is 293 g/mol. The first-order valence-corrected chi connectivity index (χ1v) is 8.30. The number of halogens is 1. The second-order valence-electron chi connectivity index (χ2n) is 6.53. The van der Waals surface area contributed by atoms with E-state index in [9.17, 15) is 0 Å². The number of hydrogen-bond acceptors (Lipinski definition) is 2. The van der Waals surface area contributed by atoms with E-state index in [2.05, 4.69) is 30.4 Å². The average molecular weight is 294 g/mol. The molecule has 1 heterocycles. The molecule has 1 aliphatic heterocycles. The number of ether oxygens (including phenoxy) is 1. The van der Waals surface area contributed by atoms with Crippen LogP contribution in [0.2, 0.25) is 0 Å². The molecule has 1 aromatic carbocycles. The lowest BCUT2D eigenvalue weighted by atomic mass is 9.78. The van der Waals surface area contributed by atoms with Crippen molar-refractivity contribution in [3.05, 3.63) is 29.8 Å². The Morgan fingerprint density at radius 3 is 2.75 bits per heavy atom. The Morgan fingerprint density at radius 2 is 2.05 bits per heavy atom. The first-order valence-electron chi connectivity index (χ1n) is 7.76. The van der Waals surface area contributed by atoms with E-state index in [0.29, 0.717) is 5.88 Å². The summed E-state index contributed by atoms with van der Waals surface area (Å²) >= 11 is 6.26. The lowest BCUT2D eigenvalue weighted by molar-refractivity contribution is 0.171. The van der Waals surface area contributed by atoms with E-state index in [0.717, 1.165) is 24.6 Å². The van der Waals surface area contributed by atoms with Gasteiger partial charge >= 0.3 is 0 Å². The van der Waals surface area contributed by atoms with Crippen molar-refractivity contribution in [2.24, 2.45) is 5.92 Å². The predicted molar refractivity (Wildman–Crippen MR) is 83.6 cm³/mol. The molecule has 1 saturated carbocycles. The summed E-state index contributed by atoms with van der Waals surface area (Å²) in [5.41, 5.74) is 1.46. The third-order valence-electron chi connectivity index (χ3n) is 4.91. The van der Waals surface area contributed by atoms with Crippen LogP contribution in [0.4, 0.5) is 0 Å². The lowest BCUT2D eigenvalue weighted by Crippen LogP contribution is -2.52. The number of hydrogen-bond donors (Lipinski definition) is 1. The van der Waals surface area contributed by atoms with Crippen LogP contribution >= 0.6 is 11.6 Å². The molecule has 3 heteroatoms. The van der Waals surface area contributed by atoms with Crippen LogP contribution in [-0.4, -0.2) is 24.1 Å². The van der Waals surface area contributed by atoms with Crippen molar-refractivity contribution in [2.75, 3.05) is 12.4 Å². The predicted octanol–water partition coefficient (Wildman–Crippen LogP) is 3.77. The van der Waals surface area contributed by atoms with Crippen LogP contribution in [0.3, 0.4) is 0 Å². The molecule has 0 spiro atoms. The second kappa shape index (κ2) is 5.95. The van der Waals surface area contributed by atoms with Gasteiger partial charge in [0, 0.05) is 24.4 Å². The zero-order valence-corrected chi connectivity index (χ0v) is 13.0. The van der Waals surface area contributed by atoms with Gasteiger partial charge in [0.2, 0.25) is 0 Å². The van der Waals surface area contributed by atoms with Crippen LogP contribution in [0.25, 0.3) is 0 Å². The molecule has 0 amide bonds. The average Bonchev–Trinajstić information content (AvgIpc) is 2.90. The van der Waals surface area contributed by atoms with E-state index < -0.39 is 0 Å². The molecule has 1 unspecified atom stereocenters. The Kier molecular flexibility index (Phi) is 4.23. The van der Waals surface area contributed by atoms with E-state index in [1.807, 2.05) is 6.07 Å². The number of benzene rings is 1. The zero-order valence-electron chi connectivity index (χ0n) is 12.2. The molecule has 1 aromatic rings. The zero-order chi connectivity index (χ0) is 14.0. The highest BCUT2D eigenvalue weighted by Crippen LogP contribution is 2.33. The molecule has 0 bridgehead atoms. The maximum Gasteiger partial charge on any atom is 0.123 e. The minimum atomic E-state index is 0.131. The normalized spacial score (nSPS) is 32.7. The molecule has 1 fully saturated rings. The van der Waals surface area contributed by atoms with Gasteiger partial charge in [-0.3, -0.25) is 0 Å². The van der Waals surface area contributed by atoms with Gasteiger partial charge < -0.3 is 10.1 Å². The molecule has 2 nitrogen and oxygen atoms in total. The molecule has 2 aliphatic rings. The fourth-order valence-electron chi connectivity index (χ4n) is 3.37. The summed E-state index contributed by atoms with van der Waals surface area (Å²) in [5.74, 6) is 2.61. The summed E-state index contributed by atoms with van der Waals surface area (Å²) in [7, 11) is 0. The van der Waals surface area contributed by atoms with Gasteiger partial charge in [-0.2, -0.15) is 0 Å². The minimum absolute atomic E-state index is 0.131. The molecule has 1 N–H and O–H groups in total. The van der Waals surface area contributed by atoms with Gasteiger partial charge in [-0.25, -0.2) is 0 Å². The first kappa shape index (κ1) is 14.2. The van der Waals surface area contributed by atoms with Crippen molar-refractivity contribution in [1.29, 1.82) is 0 Å². The second-order valence-corrected chi connectivity index (χ2v) is 6.80. The van der Waals surface area contributed by atoms with Crippen LogP contribution in [0.1, 0.15) is 38.2 Å². The smallest absolute Gasteiger partial charge is 0.123 e. The Morgan fingerprint density at radius 1 is 1.30 bits per heavy atom. The summed E-state index contributed by atoms with van der Waals surface area (Å²) < 4.78 is 6.00. The van der Waals surface area contributed by atoms with Gasteiger partial charge in [0.25, 0.3) is 0 Å². The van der Waals surface area contributed by atoms with Crippen molar-refractivity contribution in [3.63, 3.8) is 0 Å². The standard InChI is InChI=1S/C17H24ClNO/c1-13-6-8-17(12-18,9-7-13)19-11-15-10-14-4-2-3-5-16(14)20-15/h2-5,13,15,19H,6-12H2,1H3. The molecule has 1 aliphatic carbocycles. The van der Waals surface area contributed by atoms with E-state index in [4.69, 9.17) is 16.3 Å². The molecular weight excluding hydrogens is 270 g/mol. The highest BCUT2D eigenvalue weighted by atomic mass is 35.5. The molecule has 0 aromatic heterocycles. The number of rotatable bonds is 4. The molecule has 0 radical (unpaired) electrons. The van der Waals surface area contributed by atoms with E-state index in [1.54, 1.807) is 0 Å². The van der Waals surface area contributed by atoms with Crippen LogP contribution in [0.5, 0.6) is 5.75 Å². The van der Waals surface area contributed by atoms with Crippen molar-refractivity contribution < 1.29 is 4.74 Å². The number of alkyl halides is 1. The Balaban J connectivity index is 1.55. The highest BCUT2D eigenvalue weighted by molar-refractivity contribution is 6.18. The highest BCUT2D eigenvalue weighted by Gasteiger charge is 2.34. The lowest BCUT2D eigenvalue weighted by Gasteiger charge is -2.39. The van der Waals surface area contributed by atoms with Crippen molar-refractivity contribution >= 4 is 11.6 Å². The van der Waals surface area contributed by atoms with Crippen molar-refractivity contribution in [2.45, 2.75) is 50.7 Å². The maximum atomic E-state index is 6.26. The summed E-state index contributed by atoms with van der Waals surface area (Å²) in [6.45, 7) is 3.24. The Labute approximate surface area is 126 Å². The summed E-state index contributed by atoms with van der Waals surface area (Å²) in [6.07, 6.45) is 6.22. The fourth-order valence-corrected chi connectivity index (χ4v) is 3.73. The number of fused-ring (bicyclic) bond motifs is 1. The number of para-hydroxylation sites is 1. The molecule has 0 saturated heterocycles. The van der Waals surface area contributed by atoms with Crippen molar-refractivity contribution in [3.8, 4) is 5.75 Å². The quantitative estimate of drug-likeness (QED) is 0.853. The van der Waals surface area contributed by atoms with E-state index >= 15 is 0 Å². The molecule has 20 heavy (non-hydrogen) atoms. The maximum absolute atomic E-state index is 6.26. The summed E-state index contributed by atoms with van der Waals surface area (Å²) in [4.78, 5) is 0. The summed E-state index contributed by atoms with van der Waals surface area (Å²) in [5, 5.41) is 3.73. The van der Waals surface area contributed by atoms with Gasteiger partial charge in [-0.1, -0.05) is 25.1 Å². The van der Waals surface area contributed by atoms with Crippen LogP contribution in [-0.2, 0) is 6.42 Å². The fraction of sp³-hybridized carbons (Fsp3) is 0.647. The largest absolute Gasteiger partial charge is 0.488 e. The molecule has 3 rings (SSSR count). The van der Waals surface area contributed by atoms with Gasteiger partial charge in [0.15, 0.2) is 0 Å². The third-order valence-corrected chi connectivity index (χ3v) is 5.42. The topological polar surface area (TPSA) is 21.3 Å². The van der Waals surface area contributed by atoms with Gasteiger partial charge in [-0.05, 0) is 43.2 Å². The number of nitrogens with one attached hydrogen (secondary N) is 1. The third kappa shape index (κ3) is 2.96. The Hall–Kier alpha value is -0.730.